The number of carbonyl (C=O) groups is 2. The number of amides is 2. The minimum absolute atomic E-state index is 0.0286. The van der Waals surface area contributed by atoms with E-state index in [1.165, 1.54) is 35.8 Å². The summed E-state index contributed by atoms with van der Waals surface area (Å²) in [5.74, 6) is -1.06. The lowest BCUT2D eigenvalue weighted by molar-refractivity contribution is -0.117. The van der Waals surface area contributed by atoms with Gasteiger partial charge in [-0.1, -0.05) is 35.9 Å². The second-order valence-corrected chi connectivity index (χ2v) is 7.21. The fraction of sp³-hybridized carbons (Fsp3) is 0. The molecule has 8 heteroatoms. The van der Waals surface area contributed by atoms with Gasteiger partial charge in [-0.3, -0.25) is 9.59 Å². The molecule has 6 nitrogen and oxygen atoms in total. The van der Waals surface area contributed by atoms with Crippen molar-refractivity contribution in [1.29, 1.82) is 0 Å². The van der Waals surface area contributed by atoms with Crippen LogP contribution in [0, 0.1) is 0 Å². The van der Waals surface area contributed by atoms with Gasteiger partial charge in [0, 0.05) is 21.0 Å². The van der Waals surface area contributed by atoms with E-state index < -0.39 is 11.8 Å². The van der Waals surface area contributed by atoms with Crippen LogP contribution >= 0.6 is 22.9 Å². The zero-order valence-electron chi connectivity index (χ0n) is 15.0. The second-order valence-electron chi connectivity index (χ2n) is 5.80. The first kappa shape index (κ1) is 20.3. The Morgan fingerprint density at radius 2 is 1.86 bits per heavy atom. The van der Waals surface area contributed by atoms with Crippen molar-refractivity contribution in [2.75, 3.05) is 0 Å². The van der Waals surface area contributed by atoms with Crippen LogP contribution in [0.5, 0.6) is 5.75 Å². The topological polar surface area (TPSA) is 90.8 Å². The van der Waals surface area contributed by atoms with Crippen LogP contribution in [0.1, 0.15) is 20.8 Å². The molecule has 0 saturated carbocycles. The van der Waals surface area contributed by atoms with E-state index in [1.54, 1.807) is 36.4 Å². The molecule has 3 rings (SSSR count). The number of rotatable bonds is 6. The van der Waals surface area contributed by atoms with Crippen molar-refractivity contribution in [3.05, 3.63) is 92.8 Å². The molecule has 29 heavy (non-hydrogen) atoms. The molecule has 0 bridgehead atoms. The maximum Gasteiger partial charge on any atom is 0.287 e. The van der Waals surface area contributed by atoms with Crippen molar-refractivity contribution in [2.24, 2.45) is 5.10 Å². The monoisotopic (exact) mass is 425 g/mol. The largest absolute Gasteiger partial charge is 0.507 e. The highest BCUT2D eigenvalue weighted by molar-refractivity contribution is 7.10. The van der Waals surface area contributed by atoms with Crippen molar-refractivity contribution >= 4 is 47.0 Å². The Balaban J connectivity index is 1.77. The van der Waals surface area contributed by atoms with E-state index in [9.17, 15) is 14.7 Å². The van der Waals surface area contributed by atoms with Crippen LogP contribution < -0.4 is 10.7 Å². The lowest BCUT2D eigenvalue weighted by Gasteiger charge is -2.08. The molecule has 0 unspecified atom stereocenters. The first-order valence-corrected chi connectivity index (χ1v) is 9.72. The molecule has 0 aliphatic rings. The second kappa shape index (κ2) is 9.68. The smallest absolute Gasteiger partial charge is 0.287 e. The Labute approximate surface area is 176 Å². The van der Waals surface area contributed by atoms with Crippen molar-refractivity contribution in [1.82, 2.24) is 10.7 Å². The molecule has 0 aliphatic carbocycles. The summed E-state index contributed by atoms with van der Waals surface area (Å²) in [4.78, 5) is 25.8. The Morgan fingerprint density at radius 1 is 1.07 bits per heavy atom. The van der Waals surface area contributed by atoms with Gasteiger partial charge in [-0.05, 0) is 47.9 Å². The normalized spacial score (nSPS) is 11.4. The van der Waals surface area contributed by atoms with Gasteiger partial charge < -0.3 is 10.4 Å². The molecule has 3 N–H and O–H groups in total. The molecule has 3 aromatic rings. The van der Waals surface area contributed by atoms with Gasteiger partial charge in [-0.25, -0.2) is 5.43 Å². The van der Waals surface area contributed by atoms with Gasteiger partial charge >= 0.3 is 0 Å². The fourth-order valence-corrected chi connectivity index (χ4v) is 3.15. The number of carbonyl (C=O) groups excluding carboxylic acids is 2. The molecule has 2 amide bonds. The molecule has 0 radical (unpaired) electrons. The van der Waals surface area contributed by atoms with Gasteiger partial charge in [0.2, 0.25) is 0 Å². The third kappa shape index (κ3) is 5.78. The molecular weight excluding hydrogens is 410 g/mol. The summed E-state index contributed by atoms with van der Waals surface area (Å²) in [7, 11) is 0. The maximum atomic E-state index is 12.6. The number of nitrogens with one attached hydrogen (secondary N) is 2. The number of aromatic hydroxyl groups is 1. The Kier molecular flexibility index (Phi) is 6.78. The van der Waals surface area contributed by atoms with Gasteiger partial charge in [-0.15, -0.1) is 11.3 Å². The van der Waals surface area contributed by atoms with Crippen LogP contribution in [0.15, 0.2) is 76.8 Å². The molecule has 0 spiro atoms. The number of halogens is 1. The highest BCUT2D eigenvalue weighted by Gasteiger charge is 2.14. The standard InChI is InChI=1S/C21H16ClN3O3S/c22-16-8-9-19(26)15(11-16)13-23-25-21(28)18(12-17-7-4-10-29-17)24-20(27)14-5-2-1-3-6-14/h1-13,26H,(H,24,27)(H,25,28). The minimum atomic E-state index is -0.611. The Hall–Kier alpha value is -3.42. The highest BCUT2D eigenvalue weighted by atomic mass is 35.5. The highest BCUT2D eigenvalue weighted by Crippen LogP contribution is 2.19. The van der Waals surface area contributed by atoms with Crippen LogP contribution in [-0.2, 0) is 4.79 Å². The Bertz CT molecular complexity index is 1060. The molecule has 2 aromatic carbocycles. The lowest BCUT2D eigenvalue weighted by Crippen LogP contribution is -2.32. The number of thiophene rings is 1. The van der Waals surface area contributed by atoms with Gasteiger partial charge in [0.15, 0.2) is 0 Å². The van der Waals surface area contributed by atoms with Crippen molar-refractivity contribution in [3.8, 4) is 5.75 Å². The van der Waals surface area contributed by atoms with Crippen molar-refractivity contribution < 1.29 is 14.7 Å². The molecule has 1 aromatic heterocycles. The third-order valence-electron chi connectivity index (χ3n) is 3.72. The maximum absolute atomic E-state index is 12.6. The molecule has 1 heterocycles. The lowest BCUT2D eigenvalue weighted by atomic mass is 10.2. The number of hydrogen-bond donors (Lipinski definition) is 3. The van der Waals surface area contributed by atoms with Crippen LogP contribution in [0.25, 0.3) is 6.08 Å². The van der Waals surface area contributed by atoms with Gasteiger partial charge in [0.05, 0.1) is 6.21 Å². The quantitative estimate of drug-likeness (QED) is 0.316. The van der Waals surface area contributed by atoms with Crippen LogP contribution in [0.2, 0.25) is 5.02 Å². The average molecular weight is 426 g/mol. The van der Waals surface area contributed by atoms with Crippen molar-refractivity contribution in [3.63, 3.8) is 0 Å². The zero-order valence-corrected chi connectivity index (χ0v) is 16.6. The summed E-state index contributed by atoms with van der Waals surface area (Å²) in [5, 5.41) is 18.5. The number of benzene rings is 2. The van der Waals surface area contributed by atoms with E-state index >= 15 is 0 Å². The summed E-state index contributed by atoms with van der Waals surface area (Å²) in [6.45, 7) is 0. The summed E-state index contributed by atoms with van der Waals surface area (Å²) < 4.78 is 0. The van der Waals surface area contributed by atoms with Gasteiger partial charge in [0.25, 0.3) is 11.8 Å². The Morgan fingerprint density at radius 3 is 2.59 bits per heavy atom. The molecule has 0 saturated heterocycles. The molecule has 0 aliphatic heterocycles. The zero-order chi connectivity index (χ0) is 20.6. The molecule has 0 fully saturated rings. The van der Waals surface area contributed by atoms with E-state index in [1.807, 2.05) is 17.5 Å². The van der Waals surface area contributed by atoms with E-state index in [4.69, 9.17) is 11.6 Å². The van der Waals surface area contributed by atoms with E-state index in [0.29, 0.717) is 16.1 Å². The van der Waals surface area contributed by atoms with Gasteiger partial charge in [-0.2, -0.15) is 5.10 Å². The first-order chi connectivity index (χ1) is 14.0. The molecular formula is C21H16ClN3O3S. The number of phenols is 1. The summed E-state index contributed by atoms with van der Waals surface area (Å²) in [6.07, 6.45) is 2.83. The van der Waals surface area contributed by atoms with Gasteiger partial charge in [0.1, 0.15) is 11.4 Å². The number of phenolic OH excluding ortho intramolecular Hbond substituents is 1. The minimum Gasteiger partial charge on any atom is -0.507 e. The predicted octanol–water partition coefficient (Wildman–Crippen LogP) is 4.03. The molecule has 146 valence electrons. The first-order valence-electron chi connectivity index (χ1n) is 8.46. The average Bonchev–Trinajstić information content (AvgIpc) is 3.23. The van der Waals surface area contributed by atoms with Crippen LogP contribution in [0.4, 0.5) is 0 Å². The SMILES string of the molecule is O=C(NN=Cc1cc(Cl)ccc1O)C(=Cc1cccs1)NC(=O)c1ccccc1. The van der Waals surface area contributed by atoms with E-state index in [-0.39, 0.29) is 11.4 Å². The number of hydrogen-bond acceptors (Lipinski definition) is 5. The van der Waals surface area contributed by atoms with Crippen molar-refractivity contribution in [2.45, 2.75) is 0 Å². The third-order valence-corrected chi connectivity index (χ3v) is 4.77. The molecule has 0 atom stereocenters. The van der Waals surface area contributed by atoms with E-state index in [2.05, 4.69) is 15.8 Å². The van der Waals surface area contributed by atoms with Crippen LogP contribution in [-0.4, -0.2) is 23.1 Å². The summed E-state index contributed by atoms with van der Waals surface area (Å²) >= 11 is 7.31. The number of hydrazone groups is 1. The fourth-order valence-electron chi connectivity index (χ4n) is 2.31. The van der Waals surface area contributed by atoms with Crippen LogP contribution in [0.3, 0.4) is 0 Å². The summed E-state index contributed by atoms with van der Waals surface area (Å²) in [6, 6.07) is 16.7. The summed E-state index contributed by atoms with van der Waals surface area (Å²) in [5.41, 5.74) is 3.14. The number of nitrogens with zero attached hydrogens (tertiary/aromatic N) is 1. The predicted molar refractivity (Wildman–Crippen MR) is 115 cm³/mol. The van der Waals surface area contributed by atoms with E-state index in [0.717, 1.165) is 4.88 Å².